The van der Waals surface area contributed by atoms with Gasteiger partial charge >= 0.3 is 0 Å². The van der Waals surface area contributed by atoms with E-state index in [-0.39, 0.29) is 5.91 Å². The number of nitrogens with one attached hydrogen (secondary N) is 2. The third-order valence-corrected chi connectivity index (χ3v) is 5.27. The summed E-state index contributed by atoms with van der Waals surface area (Å²) in [4.78, 5) is 21.3. The highest BCUT2D eigenvalue weighted by Gasteiger charge is 2.13. The predicted molar refractivity (Wildman–Crippen MR) is 116 cm³/mol. The molecule has 29 heavy (non-hydrogen) atoms. The highest BCUT2D eigenvalue weighted by Crippen LogP contribution is 2.29. The minimum atomic E-state index is -0.136. The van der Waals surface area contributed by atoms with E-state index in [0.29, 0.717) is 43.2 Å². The first-order valence-corrected chi connectivity index (χ1v) is 10.8. The Morgan fingerprint density at radius 2 is 2.10 bits per heavy atom. The summed E-state index contributed by atoms with van der Waals surface area (Å²) in [6.45, 7) is 5.70. The van der Waals surface area contributed by atoms with E-state index in [1.54, 1.807) is 35.9 Å². The Morgan fingerprint density at radius 3 is 2.86 bits per heavy atom. The van der Waals surface area contributed by atoms with Gasteiger partial charge in [0.25, 0.3) is 5.91 Å². The van der Waals surface area contributed by atoms with Crippen LogP contribution < -0.4 is 14.8 Å². The van der Waals surface area contributed by atoms with Crippen molar-refractivity contribution in [2.24, 2.45) is 0 Å². The van der Waals surface area contributed by atoms with E-state index in [1.165, 1.54) is 0 Å². The number of amides is 1. The zero-order chi connectivity index (χ0) is 20.5. The lowest BCUT2D eigenvalue weighted by molar-refractivity contribution is 0.0953. The molecule has 0 unspecified atom stereocenters. The van der Waals surface area contributed by atoms with E-state index < -0.39 is 0 Å². The fourth-order valence-corrected chi connectivity index (χ4v) is 3.65. The van der Waals surface area contributed by atoms with Gasteiger partial charge in [0.1, 0.15) is 5.69 Å². The van der Waals surface area contributed by atoms with Gasteiger partial charge in [-0.3, -0.25) is 4.79 Å². The number of H-pyrrole nitrogens is 1. The first-order chi connectivity index (χ1) is 14.2. The van der Waals surface area contributed by atoms with E-state index in [9.17, 15) is 4.79 Å². The SMILES string of the molecule is CCCCOc1ccc(C(=O)NCCc2[nH]cnc2-c2cccs2)cc1OCC. The predicted octanol–water partition coefficient (Wildman–Crippen LogP) is 4.69. The topological polar surface area (TPSA) is 76.2 Å². The number of imidazole rings is 1. The molecule has 2 heterocycles. The molecule has 0 radical (unpaired) electrons. The quantitative estimate of drug-likeness (QED) is 0.447. The van der Waals surface area contributed by atoms with Crippen molar-refractivity contribution in [3.8, 4) is 22.1 Å². The minimum absolute atomic E-state index is 0.136. The van der Waals surface area contributed by atoms with E-state index in [2.05, 4.69) is 22.2 Å². The molecule has 0 bridgehead atoms. The molecule has 1 amide bonds. The number of hydrogen-bond donors (Lipinski definition) is 2. The van der Waals surface area contributed by atoms with Crippen LogP contribution in [0.15, 0.2) is 42.0 Å². The number of hydrogen-bond acceptors (Lipinski definition) is 5. The second-order valence-corrected chi connectivity index (χ2v) is 7.46. The van der Waals surface area contributed by atoms with Crippen LogP contribution in [0.2, 0.25) is 0 Å². The number of carbonyl (C=O) groups is 1. The van der Waals surface area contributed by atoms with E-state index >= 15 is 0 Å². The number of carbonyl (C=O) groups excluding carboxylic acids is 1. The molecule has 0 aliphatic rings. The zero-order valence-electron chi connectivity index (χ0n) is 16.9. The van der Waals surface area contributed by atoms with Crippen LogP contribution in [0, 0.1) is 0 Å². The lowest BCUT2D eigenvalue weighted by atomic mass is 10.1. The molecule has 6 nitrogen and oxygen atoms in total. The molecule has 7 heteroatoms. The molecule has 0 spiro atoms. The van der Waals surface area contributed by atoms with Gasteiger partial charge in [0.2, 0.25) is 0 Å². The van der Waals surface area contributed by atoms with Gasteiger partial charge in [-0.25, -0.2) is 4.98 Å². The molecule has 2 N–H and O–H groups in total. The van der Waals surface area contributed by atoms with Crippen molar-refractivity contribution in [1.29, 1.82) is 0 Å². The number of benzene rings is 1. The number of thiophene rings is 1. The van der Waals surface area contributed by atoms with E-state index in [1.807, 2.05) is 24.4 Å². The van der Waals surface area contributed by atoms with Crippen molar-refractivity contribution in [2.45, 2.75) is 33.1 Å². The molecule has 1 aromatic carbocycles. The third kappa shape index (κ3) is 5.60. The number of rotatable bonds is 11. The third-order valence-electron chi connectivity index (χ3n) is 4.39. The van der Waals surface area contributed by atoms with Crippen molar-refractivity contribution >= 4 is 17.2 Å². The Hall–Kier alpha value is -2.80. The molecular formula is C22H27N3O3S. The Balaban J connectivity index is 1.59. The number of nitrogens with zero attached hydrogens (tertiary/aromatic N) is 1. The Morgan fingerprint density at radius 1 is 1.21 bits per heavy atom. The first-order valence-electron chi connectivity index (χ1n) is 9.96. The maximum atomic E-state index is 12.6. The standard InChI is InChI=1S/C22H27N3O3S/c1-3-5-12-28-18-9-8-16(14-19(18)27-4-2)22(26)23-11-10-17-21(25-15-24-17)20-7-6-13-29-20/h6-9,13-15H,3-5,10-12H2,1-2H3,(H,23,26)(H,24,25). The van der Waals surface area contributed by atoms with Crippen LogP contribution in [0.4, 0.5) is 0 Å². The van der Waals surface area contributed by atoms with E-state index in [4.69, 9.17) is 9.47 Å². The van der Waals surface area contributed by atoms with Gasteiger partial charge in [-0.15, -0.1) is 11.3 Å². The van der Waals surface area contributed by atoms with Gasteiger partial charge in [0, 0.05) is 24.2 Å². The van der Waals surface area contributed by atoms with Crippen LogP contribution >= 0.6 is 11.3 Å². The zero-order valence-corrected chi connectivity index (χ0v) is 17.7. The average molecular weight is 414 g/mol. The summed E-state index contributed by atoms with van der Waals surface area (Å²) in [6.07, 6.45) is 4.41. The molecule has 0 saturated heterocycles. The van der Waals surface area contributed by atoms with Crippen LogP contribution in [-0.4, -0.2) is 35.6 Å². The summed E-state index contributed by atoms with van der Waals surface area (Å²) in [5.74, 6) is 1.14. The van der Waals surface area contributed by atoms with Gasteiger partial charge in [-0.2, -0.15) is 0 Å². The molecule has 3 rings (SSSR count). The largest absolute Gasteiger partial charge is 0.490 e. The fourth-order valence-electron chi connectivity index (χ4n) is 2.90. The lowest BCUT2D eigenvalue weighted by Gasteiger charge is -2.13. The molecule has 2 aromatic heterocycles. The normalized spacial score (nSPS) is 10.7. The molecule has 0 aliphatic carbocycles. The van der Waals surface area contributed by atoms with E-state index in [0.717, 1.165) is 29.1 Å². The van der Waals surface area contributed by atoms with Crippen molar-refractivity contribution in [2.75, 3.05) is 19.8 Å². The fraction of sp³-hybridized carbons (Fsp3) is 0.364. The molecule has 0 aliphatic heterocycles. The van der Waals surface area contributed by atoms with Crippen molar-refractivity contribution in [3.63, 3.8) is 0 Å². The first kappa shape index (κ1) is 20.9. The monoisotopic (exact) mass is 413 g/mol. The number of unbranched alkanes of at least 4 members (excludes halogenated alkanes) is 1. The maximum absolute atomic E-state index is 12.6. The van der Waals surface area contributed by atoms with Crippen molar-refractivity contribution in [1.82, 2.24) is 15.3 Å². The van der Waals surface area contributed by atoms with Crippen molar-refractivity contribution in [3.05, 3.63) is 53.3 Å². The lowest BCUT2D eigenvalue weighted by Crippen LogP contribution is -2.26. The minimum Gasteiger partial charge on any atom is -0.490 e. The summed E-state index contributed by atoms with van der Waals surface area (Å²) in [7, 11) is 0. The molecule has 0 saturated carbocycles. The summed E-state index contributed by atoms with van der Waals surface area (Å²) in [5.41, 5.74) is 2.52. The average Bonchev–Trinajstić information content (AvgIpc) is 3.41. The maximum Gasteiger partial charge on any atom is 0.251 e. The Kier molecular flexibility index (Phi) is 7.69. The molecule has 3 aromatic rings. The van der Waals surface area contributed by atoms with Gasteiger partial charge in [-0.05, 0) is 43.0 Å². The molecule has 154 valence electrons. The summed E-state index contributed by atoms with van der Waals surface area (Å²) >= 11 is 1.65. The summed E-state index contributed by atoms with van der Waals surface area (Å²) in [6, 6.07) is 9.37. The number of ether oxygens (including phenoxy) is 2. The smallest absolute Gasteiger partial charge is 0.251 e. The number of aromatic amines is 1. The van der Waals surface area contributed by atoms with Gasteiger partial charge in [0.15, 0.2) is 11.5 Å². The Labute approximate surface area is 175 Å². The highest BCUT2D eigenvalue weighted by molar-refractivity contribution is 7.13. The summed E-state index contributed by atoms with van der Waals surface area (Å²) in [5, 5.41) is 5.00. The van der Waals surface area contributed by atoms with Crippen LogP contribution in [-0.2, 0) is 6.42 Å². The van der Waals surface area contributed by atoms with Crippen LogP contribution in [0.3, 0.4) is 0 Å². The van der Waals surface area contributed by atoms with Crippen molar-refractivity contribution < 1.29 is 14.3 Å². The Bertz CT molecular complexity index is 906. The molecule has 0 atom stereocenters. The van der Waals surface area contributed by atoms with Gasteiger partial charge in [-0.1, -0.05) is 19.4 Å². The van der Waals surface area contributed by atoms with Gasteiger partial charge < -0.3 is 19.8 Å². The summed E-state index contributed by atoms with van der Waals surface area (Å²) < 4.78 is 11.4. The highest BCUT2D eigenvalue weighted by atomic mass is 32.1. The van der Waals surface area contributed by atoms with Crippen LogP contribution in [0.1, 0.15) is 42.7 Å². The number of aromatic nitrogens is 2. The molecular weight excluding hydrogens is 386 g/mol. The second kappa shape index (κ2) is 10.7. The molecule has 0 fully saturated rings. The van der Waals surface area contributed by atoms with Crippen LogP contribution in [0.25, 0.3) is 10.6 Å². The van der Waals surface area contributed by atoms with Crippen LogP contribution in [0.5, 0.6) is 11.5 Å². The van der Waals surface area contributed by atoms with Gasteiger partial charge in [0.05, 0.1) is 24.4 Å². The second-order valence-electron chi connectivity index (χ2n) is 6.51.